The summed E-state index contributed by atoms with van der Waals surface area (Å²) in [5, 5.41) is -0.0720. The number of para-hydroxylation sites is 1. The highest BCUT2D eigenvalue weighted by molar-refractivity contribution is 6.02. The van der Waals surface area contributed by atoms with Crippen LogP contribution in [0.3, 0.4) is 0 Å². The Labute approximate surface area is 176 Å². The van der Waals surface area contributed by atoms with E-state index < -0.39 is 23.0 Å². The Bertz CT molecular complexity index is 1420. The number of aryl methyl sites for hydroxylation is 1. The Balaban J connectivity index is 2.16. The number of carbonyl (C=O) groups is 1. The predicted octanol–water partition coefficient (Wildman–Crippen LogP) is 2.83. The van der Waals surface area contributed by atoms with Crippen molar-refractivity contribution in [1.29, 1.82) is 0 Å². The van der Waals surface area contributed by atoms with Gasteiger partial charge in [0.15, 0.2) is 5.65 Å². The highest BCUT2D eigenvalue weighted by Gasteiger charge is 2.23. The van der Waals surface area contributed by atoms with Crippen molar-refractivity contribution in [2.45, 2.75) is 13.5 Å². The van der Waals surface area contributed by atoms with Gasteiger partial charge in [0.1, 0.15) is 5.82 Å². The number of fused-ring (bicyclic) bond motifs is 1. The van der Waals surface area contributed by atoms with Crippen LogP contribution in [0, 0.1) is 12.7 Å². The molecule has 0 aliphatic rings. The number of hydrogen-bond donors (Lipinski definition) is 0. The molecule has 4 aromatic rings. The molecule has 0 fully saturated rings. The number of hydrogen-bond acceptors (Lipinski definition) is 5. The number of pyridine rings is 1. The number of halogens is 1. The van der Waals surface area contributed by atoms with Gasteiger partial charge >= 0.3 is 11.7 Å². The molecule has 0 atom stereocenters. The predicted molar refractivity (Wildman–Crippen MR) is 113 cm³/mol. The number of nitrogens with zero attached hydrogens (tertiary/aromatic N) is 3. The van der Waals surface area contributed by atoms with E-state index in [1.54, 1.807) is 43.3 Å². The minimum absolute atomic E-state index is 0.0121. The summed E-state index contributed by atoms with van der Waals surface area (Å²) in [6.45, 7) is 1.35. The van der Waals surface area contributed by atoms with Gasteiger partial charge in [0.05, 0.1) is 30.3 Å². The van der Waals surface area contributed by atoms with Crippen LogP contribution in [-0.4, -0.2) is 27.2 Å². The van der Waals surface area contributed by atoms with Crippen LogP contribution < -0.4 is 11.2 Å². The summed E-state index contributed by atoms with van der Waals surface area (Å²) >= 11 is 0. The van der Waals surface area contributed by atoms with Gasteiger partial charge in [0.25, 0.3) is 5.56 Å². The van der Waals surface area contributed by atoms with Gasteiger partial charge in [-0.05, 0) is 31.2 Å². The fourth-order valence-electron chi connectivity index (χ4n) is 3.48. The number of methoxy groups -OCH3 is 1. The molecule has 7 nitrogen and oxygen atoms in total. The summed E-state index contributed by atoms with van der Waals surface area (Å²) in [5.41, 5.74) is -0.366. The van der Waals surface area contributed by atoms with E-state index in [-0.39, 0.29) is 28.7 Å². The van der Waals surface area contributed by atoms with Crippen LogP contribution in [0.5, 0.6) is 0 Å². The van der Waals surface area contributed by atoms with Gasteiger partial charge < -0.3 is 4.74 Å². The molecule has 4 rings (SSSR count). The second-order valence-electron chi connectivity index (χ2n) is 6.94. The Morgan fingerprint density at radius 2 is 1.74 bits per heavy atom. The van der Waals surface area contributed by atoms with E-state index in [1.807, 2.05) is 0 Å². The first-order valence-corrected chi connectivity index (χ1v) is 9.46. The number of carbonyl (C=O) groups excluding carboxylic acids is 1. The molecule has 31 heavy (non-hydrogen) atoms. The van der Waals surface area contributed by atoms with Crippen LogP contribution in [0.4, 0.5) is 4.39 Å². The average Bonchev–Trinajstić information content (AvgIpc) is 2.77. The van der Waals surface area contributed by atoms with Crippen molar-refractivity contribution in [1.82, 2.24) is 14.1 Å². The number of ether oxygens (including phenoxy) is 1. The summed E-state index contributed by atoms with van der Waals surface area (Å²) < 4.78 is 21.3. The van der Waals surface area contributed by atoms with Crippen molar-refractivity contribution >= 4 is 17.0 Å². The first-order valence-electron chi connectivity index (χ1n) is 9.46. The number of aromatic nitrogens is 3. The molecule has 8 heteroatoms. The van der Waals surface area contributed by atoms with E-state index in [0.29, 0.717) is 11.4 Å². The van der Waals surface area contributed by atoms with Crippen LogP contribution in [-0.2, 0) is 11.3 Å². The van der Waals surface area contributed by atoms with Crippen molar-refractivity contribution in [3.63, 3.8) is 0 Å². The molecular weight excluding hydrogens is 401 g/mol. The summed E-state index contributed by atoms with van der Waals surface area (Å²) in [6, 6.07) is 15.9. The van der Waals surface area contributed by atoms with E-state index >= 15 is 0 Å². The smallest absolute Gasteiger partial charge is 0.338 e. The third kappa shape index (κ3) is 3.52. The van der Waals surface area contributed by atoms with Crippen LogP contribution in [0.1, 0.15) is 21.6 Å². The van der Waals surface area contributed by atoms with Gasteiger partial charge in [-0.25, -0.2) is 23.5 Å². The van der Waals surface area contributed by atoms with Gasteiger partial charge in [-0.15, -0.1) is 0 Å². The molecule has 156 valence electrons. The second kappa shape index (κ2) is 7.98. The Kier molecular flexibility index (Phi) is 5.21. The SMILES string of the molecule is COC(=O)c1cc(C)nc2c1c(=O)n(Cc1ccccc1F)c(=O)n2-c1ccccc1. The highest BCUT2D eigenvalue weighted by Crippen LogP contribution is 2.18. The van der Waals surface area contributed by atoms with Crippen molar-refractivity contribution in [3.05, 3.63) is 104 Å². The highest BCUT2D eigenvalue weighted by atomic mass is 19.1. The maximum atomic E-state index is 14.3. The van der Waals surface area contributed by atoms with E-state index in [2.05, 4.69) is 4.98 Å². The molecule has 0 unspecified atom stereocenters. The largest absolute Gasteiger partial charge is 0.465 e. The van der Waals surface area contributed by atoms with Gasteiger partial charge in [0, 0.05) is 11.3 Å². The zero-order valence-corrected chi connectivity index (χ0v) is 16.8. The third-order valence-electron chi connectivity index (χ3n) is 4.93. The van der Waals surface area contributed by atoms with Gasteiger partial charge in [-0.3, -0.25) is 9.36 Å². The molecule has 0 aliphatic carbocycles. The normalized spacial score (nSPS) is 10.9. The molecule has 2 aromatic carbocycles. The molecule has 0 saturated heterocycles. The van der Waals surface area contributed by atoms with Crippen LogP contribution >= 0.6 is 0 Å². The molecule has 0 saturated carbocycles. The minimum atomic E-state index is -0.747. The van der Waals surface area contributed by atoms with E-state index in [9.17, 15) is 18.8 Å². The third-order valence-corrected chi connectivity index (χ3v) is 4.93. The zero-order chi connectivity index (χ0) is 22.1. The number of rotatable bonds is 4. The Hall–Kier alpha value is -4.07. The van der Waals surface area contributed by atoms with Gasteiger partial charge in [0.2, 0.25) is 0 Å². The van der Waals surface area contributed by atoms with Crippen LogP contribution in [0.15, 0.2) is 70.3 Å². The summed E-state index contributed by atoms with van der Waals surface area (Å²) in [5.74, 6) is -1.28. The molecule has 0 aliphatic heterocycles. The Morgan fingerprint density at radius 1 is 1.06 bits per heavy atom. The van der Waals surface area contributed by atoms with Crippen molar-refractivity contribution in [2.75, 3.05) is 7.11 Å². The lowest BCUT2D eigenvalue weighted by molar-refractivity contribution is 0.0602. The lowest BCUT2D eigenvalue weighted by atomic mass is 10.1. The number of esters is 1. The van der Waals surface area contributed by atoms with Gasteiger partial charge in [-0.2, -0.15) is 0 Å². The molecule has 2 heterocycles. The molecular formula is C23H18FN3O4. The second-order valence-corrected chi connectivity index (χ2v) is 6.94. The Morgan fingerprint density at radius 3 is 2.42 bits per heavy atom. The first kappa shape index (κ1) is 20.2. The molecule has 2 aromatic heterocycles. The average molecular weight is 419 g/mol. The fraction of sp³-hybridized carbons (Fsp3) is 0.130. The molecule has 0 radical (unpaired) electrons. The summed E-state index contributed by atoms with van der Waals surface area (Å²) in [4.78, 5) is 43.6. The first-order chi connectivity index (χ1) is 14.9. The maximum Gasteiger partial charge on any atom is 0.338 e. The van der Waals surface area contributed by atoms with Crippen LogP contribution in [0.2, 0.25) is 0 Å². The van der Waals surface area contributed by atoms with Crippen molar-refractivity contribution < 1.29 is 13.9 Å². The lowest BCUT2D eigenvalue weighted by Gasteiger charge is -2.16. The van der Waals surface area contributed by atoms with Gasteiger partial charge in [-0.1, -0.05) is 36.4 Å². The summed E-state index contributed by atoms with van der Waals surface area (Å²) in [7, 11) is 1.20. The summed E-state index contributed by atoms with van der Waals surface area (Å²) in [6.07, 6.45) is 0. The monoisotopic (exact) mass is 419 g/mol. The molecule has 0 amide bonds. The van der Waals surface area contributed by atoms with E-state index in [1.165, 1.54) is 35.9 Å². The molecule has 0 N–H and O–H groups in total. The zero-order valence-electron chi connectivity index (χ0n) is 16.8. The van der Waals surface area contributed by atoms with E-state index in [4.69, 9.17) is 4.74 Å². The van der Waals surface area contributed by atoms with E-state index in [0.717, 1.165) is 4.57 Å². The quantitative estimate of drug-likeness (QED) is 0.475. The van der Waals surface area contributed by atoms with Crippen LogP contribution in [0.25, 0.3) is 16.7 Å². The maximum absolute atomic E-state index is 14.3. The molecule has 0 spiro atoms. The minimum Gasteiger partial charge on any atom is -0.465 e. The standard InChI is InChI=1S/C23H18FN3O4/c1-14-12-17(22(29)31-2)19-20(25-14)27(16-9-4-3-5-10-16)23(30)26(21(19)28)13-15-8-6-7-11-18(15)24/h3-12H,13H2,1-2H3. The van der Waals surface area contributed by atoms with Crippen molar-refractivity contribution in [3.8, 4) is 5.69 Å². The lowest BCUT2D eigenvalue weighted by Crippen LogP contribution is -2.41. The topological polar surface area (TPSA) is 83.2 Å². The fourth-order valence-corrected chi connectivity index (χ4v) is 3.48. The van der Waals surface area contributed by atoms with Crippen molar-refractivity contribution in [2.24, 2.45) is 0 Å². The molecule has 0 bridgehead atoms. The number of benzene rings is 2.